The summed E-state index contributed by atoms with van der Waals surface area (Å²) >= 11 is 0. The molecular weight excluding hydrogens is 182 g/mol. The molecule has 2 bridgehead atoms. The van der Waals surface area contributed by atoms with E-state index in [2.05, 4.69) is 19.2 Å². The highest BCUT2D eigenvalue weighted by molar-refractivity contribution is 5.08. The summed E-state index contributed by atoms with van der Waals surface area (Å²) in [7, 11) is 0. The average molecular weight is 207 g/mol. The fourth-order valence-corrected chi connectivity index (χ4v) is 4.40. The van der Waals surface area contributed by atoms with Crippen molar-refractivity contribution in [2.45, 2.75) is 58.4 Å². The average Bonchev–Trinajstić information content (AvgIpc) is 2.88. The molecular formula is C14H25N. The Balaban J connectivity index is 1.72. The van der Waals surface area contributed by atoms with Gasteiger partial charge in [0.25, 0.3) is 0 Å². The van der Waals surface area contributed by atoms with Crippen LogP contribution in [0.25, 0.3) is 0 Å². The molecule has 0 spiro atoms. The van der Waals surface area contributed by atoms with Crippen molar-refractivity contribution >= 4 is 0 Å². The van der Waals surface area contributed by atoms with E-state index in [1.54, 1.807) is 25.7 Å². The van der Waals surface area contributed by atoms with Gasteiger partial charge in [0.15, 0.2) is 0 Å². The molecule has 3 unspecified atom stereocenters. The van der Waals surface area contributed by atoms with Crippen molar-refractivity contribution in [2.75, 3.05) is 6.54 Å². The Labute approximate surface area is 94.0 Å². The highest BCUT2D eigenvalue weighted by Crippen LogP contribution is 2.64. The maximum atomic E-state index is 3.73. The second-order valence-electron chi connectivity index (χ2n) is 6.62. The van der Waals surface area contributed by atoms with Crippen LogP contribution in [0.3, 0.4) is 0 Å². The topological polar surface area (TPSA) is 12.0 Å². The van der Waals surface area contributed by atoms with Gasteiger partial charge < -0.3 is 5.32 Å². The van der Waals surface area contributed by atoms with Crippen LogP contribution < -0.4 is 5.32 Å². The summed E-state index contributed by atoms with van der Waals surface area (Å²) in [6.45, 7) is 5.89. The summed E-state index contributed by atoms with van der Waals surface area (Å²) in [6.07, 6.45) is 9.27. The van der Waals surface area contributed by atoms with Crippen LogP contribution in [0.5, 0.6) is 0 Å². The summed E-state index contributed by atoms with van der Waals surface area (Å²) in [4.78, 5) is 0. The molecule has 0 heterocycles. The van der Waals surface area contributed by atoms with Crippen LogP contribution in [-0.2, 0) is 0 Å². The minimum Gasteiger partial charge on any atom is -0.314 e. The Morgan fingerprint density at radius 3 is 2.33 bits per heavy atom. The van der Waals surface area contributed by atoms with E-state index in [-0.39, 0.29) is 0 Å². The van der Waals surface area contributed by atoms with Crippen molar-refractivity contribution in [3.05, 3.63) is 0 Å². The Morgan fingerprint density at radius 2 is 1.87 bits per heavy atom. The fraction of sp³-hybridized carbons (Fsp3) is 1.00. The SMILES string of the molecule is CC(C)NCC1(C2CC2)CC2CCC1C2. The van der Waals surface area contributed by atoms with Gasteiger partial charge in [0.05, 0.1) is 0 Å². The van der Waals surface area contributed by atoms with E-state index >= 15 is 0 Å². The van der Waals surface area contributed by atoms with E-state index in [1.165, 1.54) is 19.4 Å². The van der Waals surface area contributed by atoms with Gasteiger partial charge in [0.1, 0.15) is 0 Å². The van der Waals surface area contributed by atoms with E-state index in [0.29, 0.717) is 6.04 Å². The number of rotatable bonds is 4. The first-order chi connectivity index (χ1) is 7.21. The predicted octanol–water partition coefficient (Wildman–Crippen LogP) is 3.20. The molecule has 0 amide bonds. The second kappa shape index (κ2) is 3.48. The van der Waals surface area contributed by atoms with Gasteiger partial charge in [-0.05, 0) is 55.3 Å². The van der Waals surface area contributed by atoms with Crippen LogP contribution >= 0.6 is 0 Å². The zero-order valence-electron chi connectivity index (χ0n) is 10.3. The number of nitrogens with one attached hydrogen (secondary N) is 1. The van der Waals surface area contributed by atoms with Crippen LogP contribution in [0, 0.1) is 23.2 Å². The van der Waals surface area contributed by atoms with E-state index in [9.17, 15) is 0 Å². The van der Waals surface area contributed by atoms with Gasteiger partial charge in [-0.2, -0.15) is 0 Å². The van der Waals surface area contributed by atoms with Crippen molar-refractivity contribution in [2.24, 2.45) is 23.2 Å². The van der Waals surface area contributed by atoms with Gasteiger partial charge in [-0.1, -0.05) is 20.3 Å². The third kappa shape index (κ3) is 1.63. The molecule has 3 rings (SSSR count). The summed E-state index contributed by atoms with van der Waals surface area (Å²) in [5, 5.41) is 3.73. The molecule has 3 aliphatic rings. The standard InChI is InChI=1S/C14H25N/c1-10(2)15-9-14(12-5-6-12)8-11-3-4-13(14)7-11/h10-13,15H,3-9H2,1-2H3. The van der Waals surface area contributed by atoms with Crippen LogP contribution in [-0.4, -0.2) is 12.6 Å². The van der Waals surface area contributed by atoms with Crippen molar-refractivity contribution in [1.82, 2.24) is 5.32 Å². The first-order valence-corrected chi connectivity index (χ1v) is 6.94. The van der Waals surface area contributed by atoms with Gasteiger partial charge in [0.2, 0.25) is 0 Å². The summed E-state index contributed by atoms with van der Waals surface area (Å²) in [6, 6.07) is 0.666. The summed E-state index contributed by atoms with van der Waals surface area (Å²) < 4.78 is 0. The number of hydrogen-bond donors (Lipinski definition) is 1. The maximum Gasteiger partial charge on any atom is 0.00156 e. The Morgan fingerprint density at radius 1 is 1.13 bits per heavy atom. The van der Waals surface area contributed by atoms with Gasteiger partial charge in [-0.15, -0.1) is 0 Å². The maximum absolute atomic E-state index is 3.73. The third-order valence-corrected chi connectivity index (χ3v) is 5.25. The molecule has 3 aliphatic carbocycles. The Bertz CT molecular complexity index is 244. The molecule has 0 aromatic rings. The highest BCUT2D eigenvalue weighted by atomic mass is 14.9. The predicted molar refractivity (Wildman–Crippen MR) is 63.7 cm³/mol. The molecule has 1 nitrogen and oxygen atoms in total. The largest absolute Gasteiger partial charge is 0.314 e. The minimum atomic E-state index is 0.666. The second-order valence-corrected chi connectivity index (χ2v) is 6.62. The monoisotopic (exact) mass is 207 g/mol. The molecule has 86 valence electrons. The molecule has 15 heavy (non-hydrogen) atoms. The minimum absolute atomic E-state index is 0.666. The lowest BCUT2D eigenvalue weighted by Crippen LogP contribution is -2.42. The van der Waals surface area contributed by atoms with Crippen molar-refractivity contribution in [1.29, 1.82) is 0 Å². The van der Waals surface area contributed by atoms with Crippen molar-refractivity contribution < 1.29 is 0 Å². The van der Waals surface area contributed by atoms with E-state index in [1.807, 2.05) is 0 Å². The van der Waals surface area contributed by atoms with Crippen LogP contribution in [0.2, 0.25) is 0 Å². The van der Waals surface area contributed by atoms with Gasteiger partial charge in [-0.3, -0.25) is 0 Å². The summed E-state index contributed by atoms with van der Waals surface area (Å²) in [5.74, 6) is 3.28. The van der Waals surface area contributed by atoms with Crippen LogP contribution in [0.4, 0.5) is 0 Å². The fourth-order valence-electron chi connectivity index (χ4n) is 4.40. The number of hydrogen-bond acceptors (Lipinski definition) is 1. The number of fused-ring (bicyclic) bond motifs is 2. The molecule has 0 aliphatic heterocycles. The third-order valence-electron chi connectivity index (χ3n) is 5.25. The lowest BCUT2D eigenvalue weighted by molar-refractivity contribution is 0.122. The summed E-state index contributed by atoms with van der Waals surface area (Å²) in [5.41, 5.74) is 0.743. The van der Waals surface area contributed by atoms with Crippen molar-refractivity contribution in [3.8, 4) is 0 Å². The quantitative estimate of drug-likeness (QED) is 0.746. The molecule has 3 saturated carbocycles. The first kappa shape index (κ1) is 10.1. The van der Waals surface area contributed by atoms with Gasteiger partial charge >= 0.3 is 0 Å². The lowest BCUT2D eigenvalue weighted by atomic mass is 9.69. The van der Waals surface area contributed by atoms with E-state index in [0.717, 1.165) is 23.2 Å². The molecule has 3 fully saturated rings. The molecule has 1 N–H and O–H groups in total. The normalized spacial score (nSPS) is 44.2. The smallest absolute Gasteiger partial charge is 0.00156 e. The molecule has 0 aromatic carbocycles. The first-order valence-electron chi connectivity index (χ1n) is 6.94. The molecule has 1 heteroatoms. The lowest BCUT2D eigenvalue weighted by Gasteiger charge is -2.39. The van der Waals surface area contributed by atoms with Gasteiger partial charge in [-0.25, -0.2) is 0 Å². The molecule has 0 saturated heterocycles. The van der Waals surface area contributed by atoms with E-state index < -0.39 is 0 Å². The Hall–Kier alpha value is -0.0400. The van der Waals surface area contributed by atoms with Gasteiger partial charge in [0, 0.05) is 12.6 Å². The molecule has 3 atom stereocenters. The zero-order valence-corrected chi connectivity index (χ0v) is 10.3. The van der Waals surface area contributed by atoms with Crippen LogP contribution in [0.1, 0.15) is 52.4 Å². The van der Waals surface area contributed by atoms with E-state index in [4.69, 9.17) is 0 Å². The zero-order chi connectivity index (χ0) is 10.5. The van der Waals surface area contributed by atoms with Crippen LogP contribution in [0.15, 0.2) is 0 Å². The van der Waals surface area contributed by atoms with Crippen molar-refractivity contribution in [3.63, 3.8) is 0 Å². The molecule has 0 aromatic heterocycles. The highest BCUT2D eigenvalue weighted by Gasteiger charge is 2.57. The Kier molecular flexibility index (Phi) is 2.35. The molecule has 0 radical (unpaired) electrons.